The Morgan fingerprint density at radius 1 is 0.660 bits per heavy atom. The Bertz CT molecular complexity index is 2030. The lowest BCUT2D eigenvalue weighted by Gasteiger charge is -2.27. The molecule has 3 heterocycles. The van der Waals surface area contributed by atoms with Crippen molar-refractivity contribution in [1.82, 2.24) is 9.80 Å². The lowest BCUT2D eigenvalue weighted by molar-refractivity contribution is -0.124. The third kappa shape index (κ3) is 5.43. The fraction of sp³-hybridized carbons (Fsp3) is 0.318. The van der Waals surface area contributed by atoms with Gasteiger partial charge in [-0.05, 0) is 96.8 Å². The number of aryl methyl sites for hydroxylation is 1. The highest BCUT2D eigenvalue weighted by Crippen LogP contribution is 2.53. The summed E-state index contributed by atoms with van der Waals surface area (Å²) in [4.78, 5) is 35.0. The molecule has 0 aromatic heterocycles. The monoisotopic (exact) mass is 725 g/mol. The highest BCUT2D eigenvalue weighted by molar-refractivity contribution is 9.10. The minimum atomic E-state index is -0.0688. The van der Waals surface area contributed by atoms with Crippen molar-refractivity contribution in [2.24, 2.45) is 0 Å². The molecule has 254 valence electrons. The van der Waals surface area contributed by atoms with Crippen LogP contribution in [0.4, 0.5) is 11.4 Å². The fourth-order valence-corrected chi connectivity index (χ4v) is 8.83. The number of carbonyl (C=O) groups excluding carboxylic acids is 2. The SMILES string of the molecule is CCCCN1C(=O)C2=C(c3ccc(-c4ccc5c(c4)C4CCCC4N5c4ccc(C)cc4)cc3)N(CCCC)C(=O)C2=C1c1ccc(Br)cc1. The smallest absolute Gasteiger partial charge is 0.261 e. The van der Waals surface area contributed by atoms with Crippen LogP contribution in [0.15, 0.2) is 107 Å². The standard InChI is InChI=1S/C44H44BrN3O2/c1-4-6-25-46-41(39-40(44(46)50)42(31-17-20-33(45)21-18-31)47(43(39)49)26-7-5-2)30-15-13-29(14-16-30)32-19-24-38-36(27-32)35-9-8-10-37(35)48(38)34-22-11-28(3)12-23-34/h11-24,27,35,37H,4-10,25-26H2,1-3H3. The van der Waals surface area contributed by atoms with E-state index in [1.54, 1.807) is 0 Å². The quantitative estimate of drug-likeness (QED) is 0.163. The largest absolute Gasteiger partial charge is 0.338 e. The second-order valence-electron chi connectivity index (χ2n) is 14.2. The molecule has 0 spiro atoms. The number of benzene rings is 4. The zero-order chi connectivity index (χ0) is 34.5. The first kappa shape index (κ1) is 32.8. The molecular formula is C44H44BrN3O2. The normalized spacial score (nSPS) is 19.6. The van der Waals surface area contributed by atoms with Gasteiger partial charge in [-0.3, -0.25) is 9.59 Å². The van der Waals surface area contributed by atoms with Crippen LogP contribution in [-0.2, 0) is 9.59 Å². The molecule has 1 fully saturated rings. The van der Waals surface area contributed by atoms with Crippen LogP contribution in [0, 0.1) is 6.92 Å². The van der Waals surface area contributed by atoms with Crippen LogP contribution in [0.2, 0.25) is 0 Å². The van der Waals surface area contributed by atoms with Crippen LogP contribution in [-0.4, -0.2) is 40.7 Å². The summed E-state index contributed by atoms with van der Waals surface area (Å²) in [5.74, 6) is 0.407. The molecule has 2 atom stereocenters. The second kappa shape index (κ2) is 13.4. The number of hydrogen-bond acceptors (Lipinski definition) is 3. The topological polar surface area (TPSA) is 43.9 Å². The molecule has 2 unspecified atom stereocenters. The molecule has 1 saturated carbocycles. The van der Waals surface area contributed by atoms with E-state index in [2.05, 4.69) is 108 Å². The molecule has 6 heteroatoms. The Morgan fingerprint density at radius 2 is 1.20 bits per heavy atom. The Morgan fingerprint density at radius 3 is 1.78 bits per heavy atom. The Hall–Kier alpha value is -4.42. The summed E-state index contributed by atoms with van der Waals surface area (Å²) in [6.45, 7) is 7.58. The third-order valence-corrected chi connectivity index (χ3v) is 11.6. The van der Waals surface area contributed by atoms with Gasteiger partial charge in [0.25, 0.3) is 11.8 Å². The summed E-state index contributed by atoms with van der Waals surface area (Å²) in [5, 5.41) is 0. The first-order valence-electron chi connectivity index (χ1n) is 18.4. The van der Waals surface area contributed by atoms with Crippen molar-refractivity contribution >= 4 is 50.5 Å². The molecule has 0 saturated heterocycles. The maximum absolute atomic E-state index is 14.4. The molecule has 0 bridgehead atoms. The van der Waals surface area contributed by atoms with Gasteiger partial charge in [0.2, 0.25) is 0 Å². The van der Waals surface area contributed by atoms with Crippen molar-refractivity contribution in [3.63, 3.8) is 0 Å². The van der Waals surface area contributed by atoms with Gasteiger partial charge in [-0.15, -0.1) is 0 Å². The van der Waals surface area contributed by atoms with E-state index >= 15 is 0 Å². The number of unbranched alkanes of at least 4 members (excludes halogenated alkanes) is 2. The lowest BCUT2D eigenvalue weighted by atomic mass is 9.93. The minimum Gasteiger partial charge on any atom is -0.338 e. The maximum atomic E-state index is 14.4. The molecule has 4 aromatic carbocycles. The third-order valence-electron chi connectivity index (χ3n) is 11.1. The maximum Gasteiger partial charge on any atom is 0.261 e. The van der Waals surface area contributed by atoms with Crippen LogP contribution >= 0.6 is 15.9 Å². The number of amides is 2. The number of halogens is 1. The number of fused-ring (bicyclic) bond motifs is 4. The number of nitrogens with zero attached hydrogens (tertiary/aromatic N) is 3. The Labute approximate surface area is 304 Å². The molecule has 5 nitrogen and oxygen atoms in total. The van der Waals surface area contributed by atoms with Crippen molar-refractivity contribution in [3.05, 3.63) is 129 Å². The first-order valence-corrected chi connectivity index (χ1v) is 19.2. The van der Waals surface area contributed by atoms with Gasteiger partial charge in [-0.2, -0.15) is 0 Å². The van der Waals surface area contributed by atoms with E-state index in [1.807, 2.05) is 34.1 Å². The predicted molar refractivity (Wildman–Crippen MR) is 207 cm³/mol. The fourth-order valence-electron chi connectivity index (χ4n) is 8.56. The minimum absolute atomic E-state index is 0.0688. The van der Waals surface area contributed by atoms with Crippen molar-refractivity contribution in [2.75, 3.05) is 18.0 Å². The Balaban J connectivity index is 1.18. The van der Waals surface area contributed by atoms with Gasteiger partial charge in [0.15, 0.2) is 0 Å². The van der Waals surface area contributed by atoms with E-state index < -0.39 is 0 Å². The van der Waals surface area contributed by atoms with Gasteiger partial charge in [0.1, 0.15) is 0 Å². The van der Waals surface area contributed by atoms with Crippen LogP contribution in [0.25, 0.3) is 22.5 Å². The van der Waals surface area contributed by atoms with Gasteiger partial charge < -0.3 is 14.7 Å². The highest BCUT2D eigenvalue weighted by Gasteiger charge is 2.48. The lowest BCUT2D eigenvalue weighted by Crippen LogP contribution is -2.31. The van der Waals surface area contributed by atoms with Gasteiger partial charge >= 0.3 is 0 Å². The first-order chi connectivity index (χ1) is 24.4. The average molecular weight is 727 g/mol. The zero-order valence-corrected chi connectivity index (χ0v) is 30.8. The number of anilines is 2. The van der Waals surface area contributed by atoms with Crippen molar-refractivity contribution in [1.29, 1.82) is 0 Å². The van der Waals surface area contributed by atoms with Gasteiger partial charge in [0.05, 0.1) is 22.5 Å². The molecule has 3 aliphatic heterocycles. The van der Waals surface area contributed by atoms with Gasteiger partial charge in [-0.25, -0.2) is 0 Å². The molecule has 1 aliphatic carbocycles. The number of hydrogen-bond donors (Lipinski definition) is 0. The summed E-state index contributed by atoms with van der Waals surface area (Å²) in [6.07, 6.45) is 7.36. The van der Waals surface area contributed by atoms with Crippen LogP contribution in [0.3, 0.4) is 0 Å². The molecule has 4 aromatic rings. The van der Waals surface area contributed by atoms with Crippen molar-refractivity contribution in [3.8, 4) is 11.1 Å². The molecule has 4 aliphatic rings. The number of carbonyl (C=O) groups is 2. The molecule has 2 amide bonds. The van der Waals surface area contributed by atoms with Crippen LogP contribution < -0.4 is 4.90 Å². The van der Waals surface area contributed by atoms with Crippen LogP contribution in [0.1, 0.15) is 87.0 Å². The molecule has 8 rings (SSSR count). The van der Waals surface area contributed by atoms with E-state index in [-0.39, 0.29) is 11.8 Å². The Kier molecular flexibility index (Phi) is 8.76. The van der Waals surface area contributed by atoms with Gasteiger partial charge in [-0.1, -0.05) is 109 Å². The predicted octanol–water partition coefficient (Wildman–Crippen LogP) is 10.6. The summed E-state index contributed by atoms with van der Waals surface area (Å²) < 4.78 is 0.963. The number of rotatable bonds is 10. The molecule has 0 N–H and O–H groups in total. The van der Waals surface area contributed by atoms with E-state index in [4.69, 9.17) is 0 Å². The van der Waals surface area contributed by atoms with Gasteiger partial charge in [0, 0.05) is 40.9 Å². The molecular weight excluding hydrogens is 682 g/mol. The highest BCUT2D eigenvalue weighted by atomic mass is 79.9. The average Bonchev–Trinajstić information content (AvgIpc) is 3.87. The van der Waals surface area contributed by atoms with E-state index in [9.17, 15) is 9.59 Å². The van der Waals surface area contributed by atoms with E-state index in [0.29, 0.717) is 36.2 Å². The summed E-state index contributed by atoms with van der Waals surface area (Å²) in [5.41, 5.74) is 12.1. The van der Waals surface area contributed by atoms with E-state index in [1.165, 1.54) is 47.3 Å². The summed E-state index contributed by atoms with van der Waals surface area (Å²) in [6, 6.07) is 33.0. The molecule has 50 heavy (non-hydrogen) atoms. The van der Waals surface area contributed by atoms with Crippen LogP contribution in [0.5, 0.6) is 0 Å². The zero-order valence-electron chi connectivity index (χ0n) is 29.2. The molecule has 0 radical (unpaired) electrons. The summed E-state index contributed by atoms with van der Waals surface area (Å²) in [7, 11) is 0. The summed E-state index contributed by atoms with van der Waals surface area (Å²) >= 11 is 3.55. The van der Waals surface area contributed by atoms with Crippen molar-refractivity contribution in [2.45, 2.75) is 77.7 Å². The van der Waals surface area contributed by atoms with E-state index in [0.717, 1.165) is 58.2 Å². The van der Waals surface area contributed by atoms with Crippen molar-refractivity contribution < 1.29 is 9.59 Å². The second-order valence-corrected chi connectivity index (χ2v) is 15.2.